The van der Waals surface area contributed by atoms with Gasteiger partial charge in [-0.2, -0.15) is 0 Å². The van der Waals surface area contributed by atoms with Crippen molar-refractivity contribution in [2.45, 2.75) is 64.7 Å². The second-order valence-corrected chi connectivity index (χ2v) is 6.86. The van der Waals surface area contributed by atoms with Crippen LogP contribution in [0, 0.1) is 0 Å². The molecule has 0 aromatic heterocycles. The van der Waals surface area contributed by atoms with Gasteiger partial charge in [-0.25, -0.2) is 0 Å². The zero-order valence-corrected chi connectivity index (χ0v) is 17.3. The van der Waals surface area contributed by atoms with E-state index in [1.165, 1.54) is 25.7 Å². The Morgan fingerprint density at radius 1 is 0.893 bits per heavy atom. The first-order valence-corrected chi connectivity index (χ1v) is 10.2. The van der Waals surface area contributed by atoms with E-state index in [9.17, 15) is 10.0 Å². The van der Waals surface area contributed by atoms with Gasteiger partial charge in [0.25, 0.3) is 0 Å². The molecule has 0 aliphatic rings. The lowest BCUT2D eigenvalue weighted by Gasteiger charge is -2.22. The van der Waals surface area contributed by atoms with Crippen LogP contribution in [0.2, 0.25) is 0 Å². The van der Waals surface area contributed by atoms with E-state index in [4.69, 9.17) is 9.39 Å². The van der Waals surface area contributed by atoms with Crippen molar-refractivity contribution in [3.05, 3.63) is 60.7 Å². The Morgan fingerprint density at radius 2 is 1.50 bits per heavy atom. The second-order valence-electron chi connectivity index (χ2n) is 6.86. The van der Waals surface area contributed by atoms with Gasteiger partial charge in [0.05, 0.1) is 6.61 Å². The molecule has 5 heteroatoms. The number of rotatable bonds is 16. The molecule has 0 aliphatic heterocycles. The number of allylic oxidation sites excluding steroid dienone is 3. The predicted molar refractivity (Wildman–Crippen MR) is 118 cm³/mol. The molecule has 0 atom stereocenters. The van der Waals surface area contributed by atoms with Crippen LogP contribution >= 0.6 is 0 Å². The maximum absolute atomic E-state index is 9.33. The first kappa shape index (κ1) is 24.1. The third-order valence-electron chi connectivity index (χ3n) is 4.58. The van der Waals surface area contributed by atoms with Crippen LogP contribution in [0.15, 0.2) is 44.0 Å². The Kier molecular flexibility index (Phi) is 12.1. The van der Waals surface area contributed by atoms with E-state index in [0.717, 1.165) is 35.3 Å². The summed E-state index contributed by atoms with van der Waals surface area (Å²) in [5, 5.41) is 18.7. The van der Waals surface area contributed by atoms with Gasteiger partial charge in [0.2, 0.25) is 0 Å². The van der Waals surface area contributed by atoms with Gasteiger partial charge in [-0.1, -0.05) is 57.3 Å². The maximum atomic E-state index is 9.33. The highest BCUT2D eigenvalue weighted by atomic mass is 16.6. The van der Waals surface area contributed by atoms with Crippen LogP contribution in [0.3, 0.4) is 0 Å². The van der Waals surface area contributed by atoms with Crippen molar-refractivity contribution >= 4 is 7.32 Å². The van der Waals surface area contributed by atoms with Crippen molar-refractivity contribution in [1.29, 1.82) is 0 Å². The summed E-state index contributed by atoms with van der Waals surface area (Å²) in [5.41, 5.74) is 2.80. The fourth-order valence-electron chi connectivity index (χ4n) is 3.27. The van der Waals surface area contributed by atoms with Crippen molar-refractivity contribution in [1.82, 2.24) is 0 Å². The van der Waals surface area contributed by atoms with E-state index in [-0.39, 0.29) is 0 Å². The average molecular weight is 386 g/mol. The van der Waals surface area contributed by atoms with Gasteiger partial charge in [0, 0.05) is 11.1 Å². The summed E-state index contributed by atoms with van der Waals surface area (Å²) in [7, 11) is -1.89. The lowest BCUT2D eigenvalue weighted by Crippen LogP contribution is -2.22. The molecule has 2 N–H and O–H groups in total. The maximum Gasteiger partial charge on any atom is 0.707 e. The molecule has 0 heterocycles. The molecule has 1 aromatic carbocycles. The third kappa shape index (κ3) is 7.95. The molecule has 0 unspecified atom stereocenters. The van der Waals surface area contributed by atoms with Crippen LogP contribution in [0.5, 0.6) is 11.5 Å². The Balaban J connectivity index is 3.13. The van der Waals surface area contributed by atoms with Gasteiger partial charge in [-0.3, -0.25) is 0 Å². The largest absolute Gasteiger partial charge is 0.707 e. The van der Waals surface area contributed by atoms with Crippen molar-refractivity contribution in [2.24, 2.45) is 0 Å². The van der Waals surface area contributed by atoms with Crippen LogP contribution in [0.4, 0.5) is 0 Å². The summed E-state index contributed by atoms with van der Waals surface area (Å²) in [6, 6.07) is 1.83. The Bertz CT molecular complexity index is 626. The van der Waals surface area contributed by atoms with Crippen LogP contribution in [0.25, 0.3) is 0 Å². The molecular weight excluding hydrogens is 351 g/mol. The standard InChI is InChI=1S/C23H35BO4/c1-5-9-10-11-12-13-17-27-23-20(15-7-3)19(14-6-2)18-22(28-24(25)26)21(23)16-8-4/h6-8,18,25-26H,2-5,9-17H2,1H3. The fraction of sp³-hybridized carbons (Fsp3) is 0.478. The summed E-state index contributed by atoms with van der Waals surface area (Å²) >= 11 is 0. The van der Waals surface area contributed by atoms with Gasteiger partial charge in [0.1, 0.15) is 11.5 Å². The van der Waals surface area contributed by atoms with Gasteiger partial charge in [0.15, 0.2) is 0 Å². The zero-order chi connectivity index (χ0) is 20.8. The highest BCUT2D eigenvalue weighted by Gasteiger charge is 2.22. The first-order chi connectivity index (χ1) is 13.6. The minimum atomic E-state index is -1.89. The lowest BCUT2D eigenvalue weighted by atomic mass is 9.94. The molecule has 0 fully saturated rings. The summed E-state index contributed by atoms with van der Waals surface area (Å²) in [5.74, 6) is 1.14. The van der Waals surface area contributed by atoms with Crippen LogP contribution in [0.1, 0.15) is 62.1 Å². The number of benzene rings is 1. The average Bonchev–Trinajstić information content (AvgIpc) is 2.65. The summed E-state index contributed by atoms with van der Waals surface area (Å²) in [6.07, 6.45) is 14.3. The van der Waals surface area contributed by atoms with E-state index in [0.29, 0.717) is 31.6 Å². The fourth-order valence-corrected chi connectivity index (χ4v) is 3.27. The normalized spacial score (nSPS) is 10.4. The lowest BCUT2D eigenvalue weighted by molar-refractivity contribution is 0.280. The van der Waals surface area contributed by atoms with E-state index < -0.39 is 7.32 Å². The molecule has 1 rings (SSSR count). The van der Waals surface area contributed by atoms with Gasteiger partial charge >= 0.3 is 7.32 Å². The minimum Gasteiger partial charge on any atom is -0.512 e. The number of unbranched alkanes of at least 4 members (excludes halogenated alkanes) is 5. The molecule has 0 bridgehead atoms. The molecule has 1 aromatic rings. The summed E-state index contributed by atoms with van der Waals surface area (Å²) in [4.78, 5) is 0. The first-order valence-electron chi connectivity index (χ1n) is 10.2. The van der Waals surface area contributed by atoms with Crippen LogP contribution < -0.4 is 9.39 Å². The summed E-state index contributed by atoms with van der Waals surface area (Å²) < 4.78 is 11.5. The molecular formula is C23H35BO4. The molecule has 4 nitrogen and oxygen atoms in total. The Hall–Kier alpha value is -1.98. The van der Waals surface area contributed by atoms with Crippen molar-refractivity contribution in [2.75, 3.05) is 6.61 Å². The highest BCUT2D eigenvalue weighted by molar-refractivity contribution is 6.33. The second kappa shape index (κ2) is 14.1. The molecule has 28 heavy (non-hydrogen) atoms. The quantitative estimate of drug-likeness (QED) is 0.240. The Morgan fingerprint density at radius 3 is 2.11 bits per heavy atom. The molecule has 154 valence electrons. The van der Waals surface area contributed by atoms with E-state index in [1.807, 2.05) is 18.2 Å². The van der Waals surface area contributed by atoms with Crippen LogP contribution in [-0.4, -0.2) is 24.0 Å². The van der Waals surface area contributed by atoms with Crippen molar-refractivity contribution in [3.8, 4) is 11.5 Å². The highest BCUT2D eigenvalue weighted by Crippen LogP contribution is 2.37. The van der Waals surface area contributed by atoms with Crippen LogP contribution in [-0.2, 0) is 19.3 Å². The molecule has 0 radical (unpaired) electrons. The van der Waals surface area contributed by atoms with Crippen molar-refractivity contribution in [3.63, 3.8) is 0 Å². The minimum absolute atomic E-state index is 0.400. The summed E-state index contributed by atoms with van der Waals surface area (Å²) in [6.45, 7) is 14.3. The molecule has 0 spiro atoms. The topological polar surface area (TPSA) is 58.9 Å². The third-order valence-corrected chi connectivity index (χ3v) is 4.58. The number of hydrogen-bond donors (Lipinski definition) is 2. The van der Waals surface area contributed by atoms with E-state index in [1.54, 1.807) is 6.08 Å². The molecule has 0 amide bonds. The number of ether oxygens (including phenoxy) is 1. The van der Waals surface area contributed by atoms with Gasteiger partial charge in [-0.05, 0) is 37.3 Å². The predicted octanol–water partition coefficient (Wildman–Crippen LogP) is 4.96. The number of hydrogen-bond acceptors (Lipinski definition) is 4. The van der Waals surface area contributed by atoms with Gasteiger partial charge in [-0.15, -0.1) is 19.7 Å². The molecule has 0 aliphatic carbocycles. The molecule has 0 saturated carbocycles. The zero-order valence-electron chi connectivity index (χ0n) is 17.3. The van der Waals surface area contributed by atoms with E-state index in [2.05, 4.69) is 26.7 Å². The Labute approximate surface area is 170 Å². The van der Waals surface area contributed by atoms with E-state index >= 15 is 0 Å². The van der Waals surface area contributed by atoms with Gasteiger partial charge < -0.3 is 19.4 Å². The SMILES string of the molecule is C=CCc1cc(OB(O)O)c(CC=C)c(OCCCCCCCC)c1CC=C. The molecule has 0 saturated heterocycles. The monoisotopic (exact) mass is 386 g/mol. The van der Waals surface area contributed by atoms with Crippen molar-refractivity contribution < 1.29 is 19.4 Å². The smallest absolute Gasteiger partial charge is 0.512 e.